The quantitative estimate of drug-likeness (QED) is 0.805. The summed E-state index contributed by atoms with van der Waals surface area (Å²) in [6.07, 6.45) is 0. The number of hydrogen-bond acceptors (Lipinski definition) is 3. The third-order valence-corrected chi connectivity index (χ3v) is 2.24. The molecule has 4 heteroatoms. The number of methoxy groups -OCH3 is 2. The van der Waals surface area contributed by atoms with Crippen LogP contribution < -0.4 is 10.1 Å². The van der Waals surface area contributed by atoms with Gasteiger partial charge in [-0.15, -0.1) is 0 Å². The lowest BCUT2D eigenvalue weighted by molar-refractivity contribution is 0.171. The van der Waals surface area contributed by atoms with Gasteiger partial charge in [0.2, 0.25) is 0 Å². The van der Waals surface area contributed by atoms with Gasteiger partial charge in [-0.1, -0.05) is 0 Å². The summed E-state index contributed by atoms with van der Waals surface area (Å²) in [5, 5.41) is 3.23. The predicted molar refractivity (Wildman–Crippen MR) is 61.1 cm³/mol. The van der Waals surface area contributed by atoms with Crippen LogP contribution in [-0.2, 0) is 11.3 Å². The van der Waals surface area contributed by atoms with Crippen LogP contribution in [0.25, 0.3) is 0 Å². The van der Waals surface area contributed by atoms with E-state index in [2.05, 4.69) is 5.32 Å². The van der Waals surface area contributed by atoms with E-state index in [1.807, 2.05) is 13.0 Å². The summed E-state index contributed by atoms with van der Waals surface area (Å²) in [6, 6.07) is 4.91. The van der Waals surface area contributed by atoms with Gasteiger partial charge >= 0.3 is 0 Å². The van der Waals surface area contributed by atoms with Gasteiger partial charge in [0.1, 0.15) is 11.6 Å². The van der Waals surface area contributed by atoms with Crippen LogP contribution in [-0.4, -0.2) is 26.9 Å². The first kappa shape index (κ1) is 12.9. The molecule has 90 valence electrons. The molecule has 0 fully saturated rings. The number of hydrogen-bond donors (Lipinski definition) is 1. The van der Waals surface area contributed by atoms with Crippen LogP contribution in [0.1, 0.15) is 12.5 Å². The zero-order valence-corrected chi connectivity index (χ0v) is 9.92. The first-order valence-electron chi connectivity index (χ1n) is 5.21. The van der Waals surface area contributed by atoms with Gasteiger partial charge in [0.05, 0.1) is 13.7 Å². The van der Waals surface area contributed by atoms with Crippen molar-refractivity contribution in [3.8, 4) is 5.75 Å². The number of rotatable bonds is 6. The Hall–Kier alpha value is -1.13. The smallest absolute Gasteiger partial charge is 0.127 e. The van der Waals surface area contributed by atoms with Crippen molar-refractivity contribution in [2.45, 2.75) is 19.5 Å². The highest BCUT2D eigenvalue weighted by Crippen LogP contribution is 2.15. The van der Waals surface area contributed by atoms with Gasteiger partial charge in [0.25, 0.3) is 0 Å². The summed E-state index contributed by atoms with van der Waals surface area (Å²) in [5.41, 5.74) is 0.861. The van der Waals surface area contributed by atoms with E-state index in [1.165, 1.54) is 19.2 Å². The maximum absolute atomic E-state index is 13.2. The number of halogens is 1. The van der Waals surface area contributed by atoms with E-state index < -0.39 is 0 Å². The van der Waals surface area contributed by atoms with Crippen molar-refractivity contribution >= 4 is 0 Å². The van der Waals surface area contributed by atoms with E-state index in [0.29, 0.717) is 18.9 Å². The average Bonchev–Trinajstić information content (AvgIpc) is 2.26. The SMILES string of the molecule is COCC(C)NCc1cc(F)cc(OC)c1. The molecule has 16 heavy (non-hydrogen) atoms. The fourth-order valence-electron chi connectivity index (χ4n) is 1.44. The van der Waals surface area contributed by atoms with Crippen molar-refractivity contribution in [2.75, 3.05) is 20.8 Å². The molecule has 0 spiro atoms. The molecule has 1 unspecified atom stereocenters. The van der Waals surface area contributed by atoms with Crippen molar-refractivity contribution in [2.24, 2.45) is 0 Å². The molecular formula is C12H18FNO2. The highest BCUT2D eigenvalue weighted by atomic mass is 19.1. The zero-order chi connectivity index (χ0) is 12.0. The largest absolute Gasteiger partial charge is 0.497 e. The van der Waals surface area contributed by atoms with E-state index in [1.54, 1.807) is 7.11 Å². The molecule has 0 amide bonds. The van der Waals surface area contributed by atoms with Crippen LogP contribution in [0, 0.1) is 5.82 Å². The van der Waals surface area contributed by atoms with Gasteiger partial charge in [-0.05, 0) is 24.6 Å². The molecule has 1 aromatic carbocycles. The molecule has 0 bridgehead atoms. The molecule has 3 nitrogen and oxygen atoms in total. The Kier molecular flexibility index (Phi) is 5.22. The third kappa shape index (κ3) is 4.16. The third-order valence-electron chi connectivity index (χ3n) is 2.24. The lowest BCUT2D eigenvalue weighted by atomic mass is 10.2. The minimum absolute atomic E-state index is 0.235. The average molecular weight is 227 g/mol. The van der Waals surface area contributed by atoms with E-state index >= 15 is 0 Å². The molecule has 1 aromatic rings. The molecule has 0 heterocycles. The van der Waals surface area contributed by atoms with Crippen molar-refractivity contribution < 1.29 is 13.9 Å². The lowest BCUT2D eigenvalue weighted by Crippen LogP contribution is -2.29. The molecule has 0 aliphatic heterocycles. The summed E-state index contributed by atoms with van der Waals surface area (Å²) < 4.78 is 23.2. The predicted octanol–water partition coefficient (Wildman–Crippen LogP) is 1.96. The first-order valence-corrected chi connectivity index (χ1v) is 5.21. The van der Waals surface area contributed by atoms with E-state index in [-0.39, 0.29) is 11.9 Å². The van der Waals surface area contributed by atoms with Crippen LogP contribution in [0.15, 0.2) is 18.2 Å². The molecule has 0 radical (unpaired) electrons. The number of benzene rings is 1. The Morgan fingerprint density at radius 3 is 2.69 bits per heavy atom. The Balaban J connectivity index is 2.56. The van der Waals surface area contributed by atoms with Crippen LogP contribution in [0.2, 0.25) is 0 Å². The van der Waals surface area contributed by atoms with Gasteiger partial charge in [-0.3, -0.25) is 0 Å². The second-order valence-electron chi connectivity index (χ2n) is 3.74. The molecule has 0 aromatic heterocycles. The molecule has 0 aliphatic rings. The highest BCUT2D eigenvalue weighted by Gasteiger charge is 2.03. The van der Waals surface area contributed by atoms with Crippen LogP contribution in [0.5, 0.6) is 5.75 Å². The summed E-state index contributed by atoms with van der Waals surface area (Å²) in [6.45, 7) is 3.24. The Morgan fingerprint density at radius 1 is 1.31 bits per heavy atom. The van der Waals surface area contributed by atoms with Crippen LogP contribution in [0.4, 0.5) is 4.39 Å². The molecular weight excluding hydrogens is 209 g/mol. The van der Waals surface area contributed by atoms with Gasteiger partial charge < -0.3 is 14.8 Å². The van der Waals surface area contributed by atoms with Crippen molar-refractivity contribution in [1.82, 2.24) is 5.32 Å². The monoisotopic (exact) mass is 227 g/mol. The van der Waals surface area contributed by atoms with Crippen molar-refractivity contribution in [3.05, 3.63) is 29.6 Å². The summed E-state index contributed by atoms with van der Waals surface area (Å²) in [7, 11) is 3.18. The van der Waals surface area contributed by atoms with Crippen molar-refractivity contribution in [3.63, 3.8) is 0 Å². The lowest BCUT2D eigenvalue weighted by Gasteiger charge is -2.13. The van der Waals surface area contributed by atoms with Gasteiger partial charge in [0.15, 0.2) is 0 Å². The highest BCUT2D eigenvalue weighted by molar-refractivity contribution is 5.29. The van der Waals surface area contributed by atoms with Gasteiger partial charge in [-0.25, -0.2) is 4.39 Å². The van der Waals surface area contributed by atoms with Crippen LogP contribution >= 0.6 is 0 Å². The Bertz CT molecular complexity index is 331. The zero-order valence-electron chi connectivity index (χ0n) is 9.92. The van der Waals surface area contributed by atoms with Gasteiger partial charge in [0, 0.05) is 25.8 Å². The van der Waals surface area contributed by atoms with E-state index in [4.69, 9.17) is 9.47 Å². The first-order chi connectivity index (χ1) is 7.65. The molecule has 1 N–H and O–H groups in total. The number of ether oxygens (including phenoxy) is 2. The maximum Gasteiger partial charge on any atom is 0.127 e. The minimum atomic E-state index is -0.282. The number of nitrogens with one attached hydrogen (secondary N) is 1. The van der Waals surface area contributed by atoms with E-state index in [9.17, 15) is 4.39 Å². The second kappa shape index (κ2) is 6.45. The molecule has 1 atom stereocenters. The standard InChI is InChI=1S/C12H18FNO2/c1-9(8-15-2)14-7-10-4-11(13)6-12(5-10)16-3/h4-6,9,14H,7-8H2,1-3H3. The molecule has 0 saturated heterocycles. The fraction of sp³-hybridized carbons (Fsp3) is 0.500. The normalized spacial score (nSPS) is 12.5. The topological polar surface area (TPSA) is 30.5 Å². The fourth-order valence-corrected chi connectivity index (χ4v) is 1.44. The maximum atomic E-state index is 13.2. The summed E-state index contributed by atoms with van der Waals surface area (Å²) in [4.78, 5) is 0. The van der Waals surface area contributed by atoms with Gasteiger partial charge in [-0.2, -0.15) is 0 Å². The van der Waals surface area contributed by atoms with E-state index in [0.717, 1.165) is 5.56 Å². The molecule has 0 saturated carbocycles. The molecule has 1 rings (SSSR count). The Morgan fingerprint density at radius 2 is 2.06 bits per heavy atom. The Labute approximate surface area is 95.6 Å². The van der Waals surface area contributed by atoms with Crippen molar-refractivity contribution in [1.29, 1.82) is 0 Å². The minimum Gasteiger partial charge on any atom is -0.497 e. The summed E-state index contributed by atoms with van der Waals surface area (Å²) >= 11 is 0. The molecule has 0 aliphatic carbocycles. The van der Waals surface area contributed by atoms with Crippen LogP contribution in [0.3, 0.4) is 0 Å². The second-order valence-corrected chi connectivity index (χ2v) is 3.74. The summed E-state index contributed by atoms with van der Waals surface area (Å²) in [5.74, 6) is 0.256.